The summed E-state index contributed by atoms with van der Waals surface area (Å²) in [4.78, 5) is 51.0. The van der Waals surface area contributed by atoms with Crippen molar-refractivity contribution < 1.29 is 47.2 Å². The van der Waals surface area contributed by atoms with Crippen molar-refractivity contribution in [1.82, 2.24) is 0 Å². The molecule has 0 bridgehead atoms. The van der Waals surface area contributed by atoms with E-state index in [1.54, 1.807) is 59.3 Å². The Hall–Kier alpha value is -6.52. The molecule has 0 fully saturated rings. The third-order valence-corrected chi connectivity index (χ3v) is 22.7. The molecular formula is C76H96O10P2Si. The van der Waals surface area contributed by atoms with Gasteiger partial charge in [0, 0.05) is 60.9 Å². The van der Waals surface area contributed by atoms with Crippen molar-refractivity contribution in [2.75, 3.05) is 26.5 Å². The van der Waals surface area contributed by atoms with Gasteiger partial charge in [0.1, 0.15) is 12.2 Å². The third kappa shape index (κ3) is 23.0. The van der Waals surface area contributed by atoms with Crippen LogP contribution in [0.1, 0.15) is 162 Å². The predicted octanol–water partition coefficient (Wildman–Crippen LogP) is 17.0. The van der Waals surface area contributed by atoms with Crippen LogP contribution in [0, 0.1) is 39.5 Å². The van der Waals surface area contributed by atoms with Gasteiger partial charge in [-0.3, -0.25) is 9.59 Å². The van der Waals surface area contributed by atoms with Gasteiger partial charge in [0.2, 0.25) is 0 Å². The van der Waals surface area contributed by atoms with Crippen LogP contribution in [0.2, 0.25) is 5.04 Å². The van der Waals surface area contributed by atoms with Crippen molar-refractivity contribution in [2.24, 2.45) is 11.8 Å². The van der Waals surface area contributed by atoms with Crippen molar-refractivity contribution in [3.8, 4) is 0 Å². The molecule has 1 N–H and O–H groups in total. The van der Waals surface area contributed by atoms with Crippen LogP contribution < -0.4 is 10.4 Å². The summed E-state index contributed by atoms with van der Waals surface area (Å²) in [6, 6.07) is 47.7. The molecule has 10 nitrogen and oxygen atoms in total. The third-order valence-electron chi connectivity index (χ3n) is 15.5. The van der Waals surface area contributed by atoms with E-state index in [1.807, 2.05) is 93.6 Å². The average molecular weight is 1260 g/mol. The zero-order valence-electron chi connectivity index (χ0n) is 54.7. The number of carbonyl (C=O) groups excluding carboxylic acids is 4. The van der Waals surface area contributed by atoms with E-state index in [4.69, 9.17) is 22.9 Å². The monoisotopic (exact) mass is 1260 g/mol. The smallest absolute Gasteiger partial charge is 0.338 e. The number of hydrogen-bond acceptors (Lipinski definition) is 10. The van der Waals surface area contributed by atoms with Crippen LogP contribution in [-0.4, -0.2) is 87.9 Å². The fraction of sp³-hybridized carbons (Fsp3) is 0.368. The molecule has 0 aliphatic heterocycles. The number of allylic oxidation sites excluding steroid dienone is 2. The second-order valence-corrected chi connectivity index (χ2v) is 30.5. The molecule has 0 radical (unpaired) electrons. The largest absolute Gasteiger partial charge is 0.454 e. The van der Waals surface area contributed by atoms with E-state index in [0.717, 1.165) is 82.5 Å². The Morgan fingerprint density at radius 2 is 0.910 bits per heavy atom. The Morgan fingerprint density at radius 3 is 1.26 bits per heavy atom. The number of Topliss-reactive ketones (excluding diaryl/α,β-unsaturated/α-hetero) is 2. The van der Waals surface area contributed by atoms with Gasteiger partial charge in [0.25, 0.3) is 8.32 Å². The van der Waals surface area contributed by atoms with E-state index in [0.29, 0.717) is 24.0 Å². The zero-order valence-corrected chi connectivity index (χ0v) is 57.7. The molecule has 89 heavy (non-hydrogen) atoms. The Labute approximate surface area is 536 Å². The highest BCUT2D eigenvalue weighted by molar-refractivity contribution is 7.32. The summed E-state index contributed by atoms with van der Waals surface area (Å²) >= 11 is 0. The summed E-state index contributed by atoms with van der Waals surface area (Å²) in [5.74, 6) is -0.544. The Morgan fingerprint density at radius 1 is 0.539 bits per heavy atom. The standard InChI is InChI=1S/C46H57O5PSi.C30H39O5P/c1-34-31-35(2)44(37(4)47)39(32-34)24-18-19-25-40(33-52-49-8)43(50-45(48)38-22-12-9-13-23-38)30-20-21-36(3)51-53(46(5,6)7,41-26-14-10-15-27-41)42-28-16-11-17-29-42;1-21-18-22(2)29(24(4)32)26(19-21)15-9-10-16-27(20-36-34-5)28(17-11-12-23(3)31)35-30(33)25-13-7-6-8-14-25/h9-18,20,22-24,26-32,36,40,43,52H,19,21,25,33H2,1-8H3;6-9,11,13-15,17-19,23,27-28,31,36H,10,12,16,20H2,1-5H3/b24-18+,30-20-;15-9+,17-11-/t36-,40+,43?;23-,27+,28?/m00/s1. The summed E-state index contributed by atoms with van der Waals surface area (Å²) in [5, 5.41) is 12.0. The molecule has 6 rings (SSSR count). The topological polar surface area (TPSA) is 135 Å². The number of hydrogen-bond donors (Lipinski definition) is 1. The van der Waals surface area contributed by atoms with E-state index in [9.17, 15) is 24.3 Å². The minimum Gasteiger partial charge on any atom is -0.454 e. The van der Waals surface area contributed by atoms with Crippen molar-refractivity contribution in [3.63, 3.8) is 0 Å². The van der Waals surface area contributed by atoms with Crippen LogP contribution in [0.4, 0.5) is 0 Å². The fourth-order valence-electron chi connectivity index (χ4n) is 11.4. The summed E-state index contributed by atoms with van der Waals surface area (Å²) in [5.41, 5.74) is 8.62. The first-order chi connectivity index (χ1) is 42.6. The highest BCUT2D eigenvalue weighted by Gasteiger charge is 2.51. The number of ether oxygens (including phenoxy) is 2. The molecule has 0 aliphatic carbocycles. The average Bonchev–Trinajstić information content (AvgIpc) is 0.931. The van der Waals surface area contributed by atoms with Gasteiger partial charge in [0.05, 0.1) is 17.2 Å². The lowest BCUT2D eigenvalue weighted by atomic mass is 9.94. The summed E-state index contributed by atoms with van der Waals surface area (Å²) < 4.78 is 30.5. The molecule has 474 valence electrons. The van der Waals surface area contributed by atoms with Crippen molar-refractivity contribution in [3.05, 3.63) is 238 Å². The van der Waals surface area contributed by atoms with Crippen LogP contribution in [0.25, 0.3) is 12.2 Å². The Bertz CT molecular complexity index is 3240. The van der Waals surface area contributed by atoms with Crippen molar-refractivity contribution in [1.29, 1.82) is 0 Å². The van der Waals surface area contributed by atoms with Crippen LogP contribution in [0.5, 0.6) is 0 Å². The molecule has 0 spiro atoms. The van der Waals surface area contributed by atoms with E-state index in [-0.39, 0.29) is 64.1 Å². The molecular weight excluding hydrogens is 1160 g/mol. The zero-order chi connectivity index (χ0) is 64.9. The minimum absolute atomic E-state index is 0.0151. The number of ketones is 2. The van der Waals surface area contributed by atoms with Crippen molar-refractivity contribution in [2.45, 2.75) is 144 Å². The van der Waals surface area contributed by atoms with E-state index in [1.165, 1.54) is 10.4 Å². The summed E-state index contributed by atoms with van der Waals surface area (Å²) in [6.45, 7) is 22.0. The molecule has 6 aromatic carbocycles. The highest BCUT2D eigenvalue weighted by atomic mass is 31.1. The van der Waals surface area contributed by atoms with Crippen LogP contribution in [-0.2, 0) is 22.9 Å². The second-order valence-electron chi connectivity index (χ2n) is 24.0. The second kappa shape index (κ2) is 37.6. The molecule has 0 saturated heterocycles. The fourth-order valence-corrected chi connectivity index (χ4v) is 17.7. The van der Waals surface area contributed by atoms with Gasteiger partial charge in [0.15, 0.2) is 11.6 Å². The molecule has 6 aromatic rings. The minimum atomic E-state index is -2.73. The number of aliphatic hydroxyl groups excluding tert-OH is 1. The molecule has 0 aromatic heterocycles. The van der Waals surface area contributed by atoms with Gasteiger partial charge in [-0.1, -0.05) is 190 Å². The Balaban J connectivity index is 0.000000349. The first-order valence-corrected chi connectivity index (χ1v) is 35.1. The lowest BCUT2D eigenvalue weighted by molar-refractivity contribution is 0.0278. The van der Waals surface area contributed by atoms with Gasteiger partial charge in [-0.25, -0.2) is 9.59 Å². The maximum Gasteiger partial charge on any atom is 0.338 e. The van der Waals surface area contributed by atoms with Gasteiger partial charge >= 0.3 is 11.9 Å². The molecule has 0 amide bonds. The number of aliphatic hydroxyl groups is 1. The molecule has 8 atom stereocenters. The summed E-state index contributed by atoms with van der Waals surface area (Å²) in [7, 11) is 1.21. The van der Waals surface area contributed by atoms with Gasteiger partial charge in [-0.2, -0.15) is 0 Å². The molecule has 4 unspecified atom stereocenters. The number of rotatable bonds is 32. The Kier molecular flexibility index (Phi) is 30.9. The predicted molar refractivity (Wildman–Crippen MR) is 374 cm³/mol. The van der Waals surface area contributed by atoms with Gasteiger partial charge < -0.3 is 28.1 Å². The van der Waals surface area contributed by atoms with Crippen LogP contribution in [0.3, 0.4) is 0 Å². The van der Waals surface area contributed by atoms with Crippen LogP contribution in [0.15, 0.2) is 182 Å². The first kappa shape index (κ1) is 73.2. The van der Waals surface area contributed by atoms with E-state index in [2.05, 4.69) is 132 Å². The van der Waals surface area contributed by atoms with E-state index < -0.39 is 26.6 Å². The molecule has 0 aliphatic rings. The van der Waals surface area contributed by atoms with E-state index >= 15 is 0 Å². The molecule has 13 heteroatoms. The maximum absolute atomic E-state index is 13.5. The lowest BCUT2D eigenvalue weighted by Crippen LogP contribution is -2.67. The van der Waals surface area contributed by atoms with Gasteiger partial charge in [-0.05, 0) is 180 Å². The highest BCUT2D eigenvalue weighted by Crippen LogP contribution is 2.38. The quantitative estimate of drug-likeness (QED) is 0.0143. The molecule has 0 heterocycles. The first-order valence-electron chi connectivity index (χ1n) is 31.0. The number of carbonyl (C=O) groups is 4. The number of esters is 2. The number of benzene rings is 6. The summed E-state index contributed by atoms with van der Waals surface area (Å²) in [6.07, 6.45) is 20.4. The normalized spacial score (nSPS) is 14.3. The SMILES string of the molecule is COPC[C@@H](CC/C=C/c1cc(C)cc(C)c1C(C)=O)C(/C=C\C[C@H](C)O)OC(=O)c1ccccc1.COPC[C@@H](CC/C=C/c1cc(C)cc(C)c1C(C)=O)C(/C=C\C[C@H](C)O[Si](c1ccccc1)(c1ccccc1)C(C)(C)C)OC(=O)c1ccccc1. The number of aryl methyl sites for hydroxylation is 4. The molecule has 0 saturated carbocycles. The lowest BCUT2D eigenvalue weighted by Gasteiger charge is -2.44. The van der Waals surface area contributed by atoms with Gasteiger partial charge in [-0.15, -0.1) is 0 Å². The maximum atomic E-state index is 13.5. The van der Waals surface area contributed by atoms with Crippen LogP contribution >= 0.6 is 17.6 Å². The van der Waals surface area contributed by atoms with Crippen molar-refractivity contribution >= 4 is 72.0 Å².